The molecule has 1 saturated carbocycles. The van der Waals surface area contributed by atoms with E-state index in [2.05, 4.69) is 10.3 Å². The lowest BCUT2D eigenvalue weighted by Crippen LogP contribution is -2.35. The molecule has 0 radical (unpaired) electrons. The number of carbonyl (C=O) groups is 1. The lowest BCUT2D eigenvalue weighted by Gasteiger charge is -2.27. The topological polar surface area (TPSA) is 107 Å². The fourth-order valence-electron chi connectivity index (χ4n) is 3.62. The van der Waals surface area contributed by atoms with Crippen molar-refractivity contribution in [3.63, 3.8) is 0 Å². The number of hydrogen-bond donors (Lipinski definition) is 1. The van der Waals surface area contributed by atoms with Gasteiger partial charge in [0.1, 0.15) is 10.4 Å². The summed E-state index contributed by atoms with van der Waals surface area (Å²) in [7, 11) is -3.48. The van der Waals surface area contributed by atoms with E-state index in [9.17, 15) is 18.0 Å². The van der Waals surface area contributed by atoms with Gasteiger partial charge >= 0.3 is 0 Å². The van der Waals surface area contributed by atoms with Crippen molar-refractivity contribution >= 4 is 43.8 Å². The Kier molecular flexibility index (Phi) is 6.29. The average Bonchev–Trinajstić information content (AvgIpc) is 3.51. The molecule has 0 bridgehead atoms. The van der Waals surface area contributed by atoms with Crippen LogP contribution in [0.1, 0.15) is 38.1 Å². The lowest BCUT2D eigenvalue weighted by molar-refractivity contribution is -0.120. The van der Waals surface area contributed by atoms with Gasteiger partial charge < -0.3 is 14.6 Å². The number of amides is 1. The summed E-state index contributed by atoms with van der Waals surface area (Å²) in [4.78, 5) is 29.9. The van der Waals surface area contributed by atoms with Crippen molar-refractivity contribution in [3.8, 4) is 0 Å². The molecule has 0 spiro atoms. The Labute approximate surface area is 183 Å². The summed E-state index contributed by atoms with van der Waals surface area (Å²) in [6, 6.07) is 1.75. The fraction of sp³-hybridized carbons (Fsp3) is 0.526. The second kappa shape index (κ2) is 8.78. The Bertz CT molecular complexity index is 1090. The standard InChI is InChI=1S/C19H22ClN3O5S2/c20-16-11-21-19(29-16)22-18(25)15(9-12-4-7-28-8-5-12)23-6-3-14(10-17(23)24)30(26,27)13-1-2-13/h3,6,10-13,15H,1-2,4-5,7-9H2,(H,21,22,25). The number of nitrogens with one attached hydrogen (secondary N) is 1. The van der Waals surface area contributed by atoms with Gasteiger partial charge in [0.25, 0.3) is 5.56 Å². The zero-order valence-electron chi connectivity index (χ0n) is 16.1. The largest absolute Gasteiger partial charge is 0.381 e. The Morgan fingerprint density at radius 3 is 2.67 bits per heavy atom. The molecule has 2 aromatic heterocycles. The van der Waals surface area contributed by atoms with Crippen LogP contribution in [0, 0.1) is 5.92 Å². The molecule has 1 amide bonds. The maximum absolute atomic E-state index is 13.1. The number of pyridine rings is 1. The highest BCUT2D eigenvalue weighted by Crippen LogP contribution is 2.33. The number of thiazole rings is 1. The van der Waals surface area contributed by atoms with Crippen LogP contribution in [0.5, 0.6) is 0 Å². The van der Waals surface area contributed by atoms with E-state index in [1.165, 1.54) is 23.0 Å². The Morgan fingerprint density at radius 1 is 1.33 bits per heavy atom. The van der Waals surface area contributed by atoms with E-state index in [1.54, 1.807) is 0 Å². The van der Waals surface area contributed by atoms with Gasteiger partial charge in [-0.15, -0.1) is 0 Å². The molecule has 11 heteroatoms. The first kappa shape index (κ1) is 21.5. The Hall–Kier alpha value is -1.75. The van der Waals surface area contributed by atoms with Gasteiger partial charge in [-0.25, -0.2) is 13.4 Å². The molecule has 3 heterocycles. The minimum absolute atomic E-state index is 0.0168. The molecule has 1 aliphatic heterocycles. The van der Waals surface area contributed by atoms with E-state index in [1.807, 2.05) is 0 Å². The summed E-state index contributed by atoms with van der Waals surface area (Å²) in [5.74, 6) is -0.163. The van der Waals surface area contributed by atoms with E-state index < -0.39 is 26.7 Å². The van der Waals surface area contributed by atoms with Crippen molar-refractivity contribution in [2.24, 2.45) is 5.92 Å². The van der Waals surface area contributed by atoms with Gasteiger partial charge in [0.05, 0.1) is 16.3 Å². The van der Waals surface area contributed by atoms with Gasteiger partial charge in [-0.2, -0.15) is 0 Å². The smallest absolute Gasteiger partial charge is 0.252 e. The summed E-state index contributed by atoms with van der Waals surface area (Å²) in [6.07, 6.45) is 6.15. The third kappa shape index (κ3) is 4.77. The summed E-state index contributed by atoms with van der Waals surface area (Å²) in [5.41, 5.74) is -0.513. The normalized spacial score (nSPS) is 18.8. The number of carbonyl (C=O) groups excluding carboxylic acids is 1. The third-order valence-electron chi connectivity index (χ3n) is 5.45. The van der Waals surface area contributed by atoms with Crippen LogP contribution in [0.2, 0.25) is 4.34 Å². The van der Waals surface area contributed by atoms with Gasteiger partial charge in [-0.05, 0) is 44.1 Å². The van der Waals surface area contributed by atoms with E-state index in [0.29, 0.717) is 41.9 Å². The van der Waals surface area contributed by atoms with E-state index >= 15 is 0 Å². The number of sulfone groups is 1. The first-order valence-electron chi connectivity index (χ1n) is 9.80. The maximum atomic E-state index is 13.1. The quantitative estimate of drug-likeness (QED) is 0.665. The van der Waals surface area contributed by atoms with Crippen LogP contribution in [0.4, 0.5) is 5.13 Å². The molecule has 1 atom stereocenters. The van der Waals surface area contributed by atoms with Crippen molar-refractivity contribution < 1.29 is 17.9 Å². The highest BCUT2D eigenvalue weighted by Gasteiger charge is 2.37. The van der Waals surface area contributed by atoms with Crippen LogP contribution in [0.3, 0.4) is 0 Å². The van der Waals surface area contributed by atoms with Crippen molar-refractivity contribution in [1.29, 1.82) is 0 Å². The SMILES string of the molecule is O=C(Nc1ncc(Cl)s1)C(CC1CCOCC1)n1ccc(S(=O)(=O)C2CC2)cc1=O. The number of nitrogens with zero attached hydrogens (tertiary/aromatic N) is 2. The molecular weight excluding hydrogens is 450 g/mol. The summed E-state index contributed by atoms with van der Waals surface area (Å²) >= 11 is 7.02. The van der Waals surface area contributed by atoms with Gasteiger partial charge in [-0.1, -0.05) is 22.9 Å². The van der Waals surface area contributed by atoms with Gasteiger partial charge in [0.15, 0.2) is 15.0 Å². The van der Waals surface area contributed by atoms with Crippen LogP contribution >= 0.6 is 22.9 Å². The minimum atomic E-state index is -3.48. The van der Waals surface area contributed by atoms with Crippen LogP contribution in [0.25, 0.3) is 0 Å². The zero-order chi connectivity index (χ0) is 21.3. The molecule has 2 aromatic rings. The van der Waals surface area contributed by atoms with Crippen molar-refractivity contribution in [2.75, 3.05) is 18.5 Å². The molecule has 1 aliphatic carbocycles. The first-order valence-corrected chi connectivity index (χ1v) is 12.5. The molecule has 1 unspecified atom stereocenters. The van der Waals surface area contributed by atoms with Crippen LogP contribution in [-0.4, -0.2) is 42.3 Å². The second-order valence-electron chi connectivity index (χ2n) is 7.62. The summed E-state index contributed by atoms with van der Waals surface area (Å²) < 4.78 is 32.1. The predicted molar refractivity (Wildman–Crippen MR) is 114 cm³/mol. The first-order chi connectivity index (χ1) is 14.3. The number of halogens is 1. The van der Waals surface area contributed by atoms with Crippen molar-refractivity contribution in [1.82, 2.24) is 9.55 Å². The van der Waals surface area contributed by atoms with Gasteiger partial charge in [0, 0.05) is 25.5 Å². The number of anilines is 1. The molecule has 4 rings (SSSR count). The molecule has 2 aliphatic rings. The van der Waals surface area contributed by atoms with Crippen LogP contribution < -0.4 is 10.9 Å². The molecule has 1 N–H and O–H groups in total. The third-order valence-corrected chi connectivity index (χ3v) is 8.75. The van der Waals surface area contributed by atoms with E-state index in [0.717, 1.165) is 30.2 Å². The van der Waals surface area contributed by atoms with Crippen molar-refractivity contribution in [2.45, 2.75) is 48.3 Å². The summed E-state index contributed by atoms with van der Waals surface area (Å²) in [6.45, 7) is 1.24. The zero-order valence-corrected chi connectivity index (χ0v) is 18.5. The number of hydrogen-bond acceptors (Lipinski definition) is 7. The minimum Gasteiger partial charge on any atom is -0.381 e. The van der Waals surface area contributed by atoms with Crippen LogP contribution in [0.15, 0.2) is 34.2 Å². The molecule has 30 heavy (non-hydrogen) atoms. The second-order valence-corrected chi connectivity index (χ2v) is 11.5. The molecular formula is C19H22ClN3O5S2. The van der Waals surface area contributed by atoms with E-state index in [-0.39, 0.29) is 16.7 Å². The molecule has 1 saturated heterocycles. The maximum Gasteiger partial charge on any atom is 0.252 e. The van der Waals surface area contributed by atoms with Crippen molar-refractivity contribution in [3.05, 3.63) is 39.2 Å². The molecule has 162 valence electrons. The lowest BCUT2D eigenvalue weighted by atomic mass is 9.92. The Balaban J connectivity index is 1.62. The monoisotopic (exact) mass is 471 g/mol. The summed E-state index contributed by atoms with van der Waals surface area (Å²) in [5, 5.41) is 2.68. The fourth-order valence-corrected chi connectivity index (χ4v) is 6.09. The molecule has 8 nitrogen and oxygen atoms in total. The Morgan fingerprint density at radius 2 is 2.07 bits per heavy atom. The number of rotatable bonds is 7. The number of aromatic nitrogens is 2. The molecule has 2 fully saturated rings. The van der Waals surface area contributed by atoms with E-state index in [4.69, 9.17) is 16.3 Å². The van der Waals surface area contributed by atoms with Gasteiger partial charge in [-0.3, -0.25) is 9.59 Å². The van der Waals surface area contributed by atoms with Gasteiger partial charge in [0.2, 0.25) is 5.91 Å². The number of ether oxygens (including phenoxy) is 1. The predicted octanol–water partition coefficient (Wildman–Crippen LogP) is 2.89. The highest BCUT2D eigenvalue weighted by atomic mass is 35.5. The highest BCUT2D eigenvalue weighted by molar-refractivity contribution is 7.92. The molecule has 0 aromatic carbocycles. The average molecular weight is 472 g/mol. The van der Waals surface area contributed by atoms with Crippen LogP contribution in [-0.2, 0) is 19.4 Å².